The van der Waals surface area contributed by atoms with Gasteiger partial charge in [-0.3, -0.25) is 24.5 Å². The molecule has 0 unspecified atom stereocenters. The van der Waals surface area contributed by atoms with Gasteiger partial charge in [-0.25, -0.2) is 0 Å². The highest BCUT2D eigenvalue weighted by molar-refractivity contribution is 6.33. The quantitative estimate of drug-likeness (QED) is 0.346. The number of carbonyl (C=O) groups excluding carboxylic acids is 3. The number of alkyl halides is 3. The molecule has 0 saturated carbocycles. The molecule has 0 heterocycles. The predicted molar refractivity (Wildman–Crippen MR) is 111 cm³/mol. The third kappa shape index (κ3) is 6.91. The number of anilines is 1. The number of esters is 1. The van der Waals surface area contributed by atoms with E-state index >= 15 is 0 Å². The first-order valence-corrected chi connectivity index (χ1v) is 9.57. The summed E-state index contributed by atoms with van der Waals surface area (Å²) in [5.41, 5.74) is -1.21. The van der Waals surface area contributed by atoms with Crippen molar-refractivity contribution in [3.05, 3.63) is 68.2 Å². The van der Waals surface area contributed by atoms with Gasteiger partial charge >= 0.3 is 12.1 Å². The van der Waals surface area contributed by atoms with Crippen molar-refractivity contribution in [2.24, 2.45) is 0 Å². The third-order valence-electron chi connectivity index (χ3n) is 4.28. The molecular weight excluding hydrogens is 471 g/mol. The van der Waals surface area contributed by atoms with E-state index in [-0.39, 0.29) is 27.5 Å². The summed E-state index contributed by atoms with van der Waals surface area (Å²) in [5, 5.41) is 15.1. The van der Waals surface area contributed by atoms with Gasteiger partial charge < -0.3 is 15.4 Å². The number of halogens is 4. The summed E-state index contributed by atoms with van der Waals surface area (Å²) in [6, 6.07) is 5.98. The Morgan fingerprint density at radius 3 is 2.42 bits per heavy atom. The van der Waals surface area contributed by atoms with Gasteiger partial charge in [-0.15, -0.1) is 0 Å². The van der Waals surface area contributed by atoms with Crippen LogP contribution in [0.4, 0.5) is 24.5 Å². The zero-order valence-corrected chi connectivity index (χ0v) is 17.9. The lowest BCUT2D eigenvalue weighted by Crippen LogP contribution is -2.36. The molecule has 33 heavy (non-hydrogen) atoms. The number of nitro benzene ring substituents is 1. The van der Waals surface area contributed by atoms with E-state index in [4.69, 9.17) is 16.3 Å². The SMILES string of the molecule is Cc1cc(C(=O)NCC(=O)O[C@@H](C)C(=O)Nc2cc(C(F)(F)F)ccc2Cl)ccc1[N+](=O)[O-]. The van der Waals surface area contributed by atoms with Crippen LogP contribution in [0.25, 0.3) is 0 Å². The van der Waals surface area contributed by atoms with Crippen molar-refractivity contribution in [2.75, 3.05) is 11.9 Å². The van der Waals surface area contributed by atoms with E-state index in [2.05, 4.69) is 10.6 Å². The molecule has 2 rings (SSSR count). The molecule has 1 atom stereocenters. The molecule has 176 valence electrons. The molecule has 0 saturated heterocycles. The fourth-order valence-electron chi connectivity index (χ4n) is 2.58. The third-order valence-corrected chi connectivity index (χ3v) is 4.61. The smallest absolute Gasteiger partial charge is 0.416 e. The summed E-state index contributed by atoms with van der Waals surface area (Å²) >= 11 is 5.81. The number of ether oxygens (including phenoxy) is 1. The maximum absolute atomic E-state index is 12.8. The minimum Gasteiger partial charge on any atom is -0.451 e. The molecule has 0 spiro atoms. The van der Waals surface area contributed by atoms with Gasteiger partial charge in [0.25, 0.3) is 17.5 Å². The molecule has 0 aromatic heterocycles. The maximum atomic E-state index is 12.8. The molecule has 0 aliphatic rings. The molecule has 2 N–H and O–H groups in total. The lowest BCUT2D eigenvalue weighted by Gasteiger charge is -2.16. The van der Waals surface area contributed by atoms with E-state index in [0.717, 1.165) is 18.2 Å². The summed E-state index contributed by atoms with van der Waals surface area (Å²) in [5.74, 6) is -2.65. The first-order chi connectivity index (χ1) is 15.3. The van der Waals surface area contributed by atoms with Crippen LogP contribution in [0.3, 0.4) is 0 Å². The van der Waals surface area contributed by atoms with E-state index in [0.29, 0.717) is 6.07 Å². The van der Waals surface area contributed by atoms with Crippen molar-refractivity contribution in [3.63, 3.8) is 0 Å². The van der Waals surface area contributed by atoms with E-state index in [9.17, 15) is 37.7 Å². The second kappa shape index (κ2) is 10.3. The maximum Gasteiger partial charge on any atom is 0.416 e. The fourth-order valence-corrected chi connectivity index (χ4v) is 2.74. The average molecular weight is 488 g/mol. The zero-order valence-electron chi connectivity index (χ0n) is 17.2. The monoisotopic (exact) mass is 487 g/mol. The molecule has 2 aromatic rings. The molecule has 9 nitrogen and oxygen atoms in total. The van der Waals surface area contributed by atoms with Gasteiger partial charge in [0.15, 0.2) is 6.10 Å². The molecule has 2 aromatic carbocycles. The van der Waals surface area contributed by atoms with Gasteiger partial charge in [0.2, 0.25) is 0 Å². The number of hydrogen-bond acceptors (Lipinski definition) is 6. The van der Waals surface area contributed by atoms with Crippen LogP contribution in [0.1, 0.15) is 28.4 Å². The summed E-state index contributed by atoms with van der Waals surface area (Å²) in [6.45, 7) is 1.99. The van der Waals surface area contributed by atoms with Crippen molar-refractivity contribution in [3.8, 4) is 0 Å². The van der Waals surface area contributed by atoms with Crippen LogP contribution < -0.4 is 10.6 Å². The minimum atomic E-state index is -4.65. The second-order valence-corrected chi connectivity index (χ2v) is 7.16. The lowest BCUT2D eigenvalue weighted by molar-refractivity contribution is -0.385. The number of rotatable bonds is 7. The average Bonchev–Trinajstić information content (AvgIpc) is 2.72. The molecule has 0 aliphatic carbocycles. The van der Waals surface area contributed by atoms with E-state index in [1.165, 1.54) is 26.0 Å². The highest BCUT2D eigenvalue weighted by atomic mass is 35.5. The van der Waals surface area contributed by atoms with Crippen molar-refractivity contribution in [1.29, 1.82) is 0 Å². The normalized spacial score (nSPS) is 11.9. The Bertz CT molecular complexity index is 1110. The molecule has 0 aliphatic heterocycles. The van der Waals surface area contributed by atoms with Gasteiger partial charge in [-0.05, 0) is 44.2 Å². The van der Waals surface area contributed by atoms with E-state index in [1.807, 2.05) is 0 Å². The zero-order chi connectivity index (χ0) is 24.9. The first-order valence-electron chi connectivity index (χ1n) is 9.20. The van der Waals surface area contributed by atoms with Crippen LogP contribution in [-0.4, -0.2) is 35.4 Å². The number of aryl methyl sites for hydroxylation is 1. The molecule has 0 fully saturated rings. The van der Waals surface area contributed by atoms with Gasteiger partial charge in [0.1, 0.15) is 6.54 Å². The summed E-state index contributed by atoms with van der Waals surface area (Å²) < 4.78 is 43.3. The number of nitrogens with one attached hydrogen (secondary N) is 2. The predicted octanol–water partition coefficient (Wildman–Crippen LogP) is 3.88. The molecule has 0 bridgehead atoms. The highest BCUT2D eigenvalue weighted by Crippen LogP contribution is 2.33. The molecular formula is C20H17ClF3N3O6. The summed E-state index contributed by atoms with van der Waals surface area (Å²) in [7, 11) is 0. The Morgan fingerprint density at radius 1 is 1.18 bits per heavy atom. The van der Waals surface area contributed by atoms with Crippen LogP contribution in [0.15, 0.2) is 36.4 Å². The van der Waals surface area contributed by atoms with Gasteiger partial charge in [0.05, 0.1) is 21.2 Å². The number of nitrogens with zero attached hydrogens (tertiary/aromatic N) is 1. The lowest BCUT2D eigenvalue weighted by atomic mass is 10.1. The van der Waals surface area contributed by atoms with Crippen LogP contribution in [0, 0.1) is 17.0 Å². The summed E-state index contributed by atoms with van der Waals surface area (Å²) in [6.07, 6.45) is -6.07. The Balaban J connectivity index is 1.93. The Hall–Kier alpha value is -3.67. The van der Waals surface area contributed by atoms with Crippen molar-refractivity contribution in [1.82, 2.24) is 5.32 Å². The Labute approximate surface area is 190 Å². The topological polar surface area (TPSA) is 128 Å². The van der Waals surface area contributed by atoms with Crippen molar-refractivity contribution in [2.45, 2.75) is 26.1 Å². The van der Waals surface area contributed by atoms with Crippen molar-refractivity contribution >= 4 is 40.8 Å². The molecule has 2 amide bonds. The largest absolute Gasteiger partial charge is 0.451 e. The van der Waals surface area contributed by atoms with Crippen molar-refractivity contribution < 1.29 is 37.2 Å². The number of amides is 2. The van der Waals surface area contributed by atoms with Gasteiger partial charge in [0, 0.05) is 17.2 Å². The number of carbonyl (C=O) groups is 3. The van der Waals surface area contributed by atoms with Crippen LogP contribution in [-0.2, 0) is 20.5 Å². The summed E-state index contributed by atoms with van der Waals surface area (Å²) in [4.78, 5) is 46.4. The Kier molecular flexibility index (Phi) is 7.99. The van der Waals surface area contributed by atoms with Crippen LogP contribution in [0.2, 0.25) is 5.02 Å². The fraction of sp³-hybridized carbons (Fsp3) is 0.250. The number of nitro groups is 1. The molecule has 0 radical (unpaired) electrons. The van der Waals surface area contributed by atoms with Gasteiger partial charge in [-0.2, -0.15) is 13.2 Å². The van der Waals surface area contributed by atoms with E-state index < -0.39 is 47.1 Å². The number of benzene rings is 2. The van der Waals surface area contributed by atoms with Crippen LogP contribution in [0.5, 0.6) is 0 Å². The molecule has 13 heteroatoms. The first kappa shape index (κ1) is 25.6. The highest BCUT2D eigenvalue weighted by Gasteiger charge is 2.31. The van der Waals surface area contributed by atoms with E-state index in [1.54, 1.807) is 0 Å². The standard InChI is InChI=1S/C20H17ClF3N3O6/c1-10-7-12(3-6-16(10)27(31)32)19(30)25-9-17(28)33-11(2)18(29)26-15-8-13(20(22,23)24)4-5-14(15)21/h3-8,11H,9H2,1-2H3,(H,25,30)(H,26,29)/t11-/m0/s1. The second-order valence-electron chi connectivity index (χ2n) is 6.75. The Morgan fingerprint density at radius 2 is 1.85 bits per heavy atom. The minimum absolute atomic E-state index is 0.0656. The number of hydrogen-bond donors (Lipinski definition) is 2. The van der Waals surface area contributed by atoms with Gasteiger partial charge in [-0.1, -0.05) is 11.6 Å². The van der Waals surface area contributed by atoms with Crippen LogP contribution >= 0.6 is 11.6 Å².